The number of alkyl halides is 1. The minimum Gasteiger partial charge on any atom is -0.195 e. The second-order valence-corrected chi connectivity index (χ2v) is 7.07. The topological polar surface area (TPSA) is 40.6 Å². The van der Waals surface area contributed by atoms with Crippen molar-refractivity contribution in [2.24, 2.45) is 0 Å². The average Bonchev–Trinajstić information content (AvgIpc) is 2.27. The zero-order valence-corrected chi connectivity index (χ0v) is 12.6. The van der Waals surface area contributed by atoms with Gasteiger partial charge in [-0.3, -0.25) is 0 Å². The van der Waals surface area contributed by atoms with Crippen molar-refractivity contribution in [3.05, 3.63) is 0 Å². The van der Waals surface area contributed by atoms with Crippen LogP contribution in [0.2, 0.25) is 0 Å². The Morgan fingerprint density at radius 2 is 2.12 bits per heavy atom. The van der Waals surface area contributed by atoms with E-state index < -0.39 is 10.2 Å². The molecule has 0 aromatic carbocycles. The van der Waals surface area contributed by atoms with E-state index in [9.17, 15) is 8.42 Å². The van der Waals surface area contributed by atoms with E-state index >= 15 is 0 Å². The minimum atomic E-state index is -3.29. The first kappa shape index (κ1) is 14.4. The molecule has 6 heteroatoms. The highest BCUT2D eigenvalue weighted by molar-refractivity contribution is 9.09. The van der Waals surface area contributed by atoms with Crippen molar-refractivity contribution in [3.63, 3.8) is 0 Å². The lowest BCUT2D eigenvalue weighted by Crippen LogP contribution is -2.51. The van der Waals surface area contributed by atoms with Gasteiger partial charge < -0.3 is 0 Å². The molecule has 0 aliphatic carbocycles. The number of nitrogens with zero attached hydrogens (tertiary/aromatic N) is 2. The fourth-order valence-electron chi connectivity index (χ4n) is 1.90. The fourth-order valence-corrected chi connectivity index (χ4v) is 4.31. The van der Waals surface area contributed by atoms with E-state index in [4.69, 9.17) is 0 Å². The molecule has 1 saturated heterocycles. The molecular weight excluding hydrogens is 292 g/mol. The summed E-state index contributed by atoms with van der Waals surface area (Å²) in [5, 5.41) is 0.658. The van der Waals surface area contributed by atoms with Crippen LogP contribution in [0.3, 0.4) is 0 Å². The van der Waals surface area contributed by atoms with Crippen molar-refractivity contribution < 1.29 is 8.42 Å². The van der Waals surface area contributed by atoms with Crippen molar-refractivity contribution >= 4 is 26.1 Å². The van der Waals surface area contributed by atoms with E-state index in [-0.39, 0.29) is 12.1 Å². The summed E-state index contributed by atoms with van der Waals surface area (Å²) >= 11 is 3.32. The van der Waals surface area contributed by atoms with Gasteiger partial charge in [-0.25, -0.2) is 0 Å². The van der Waals surface area contributed by atoms with Gasteiger partial charge in [-0.2, -0.15) is 17.0 Å². The van der Waals surface area contributed by atoms with Gasteiger partial charge in [0, 0.05) is 31.0 Å². The molecule has 2 atom stereocenters. The third-order valence-corrected chi connectivity index (χ3v) is 6.41. The van der Waals surface area contributed by atoms with Crippen LogP contribution in [0.5, 0.6) is 0 Å². The first-order chi connectivity index (χ1) is 7.41. The molecule has 2 unspecified atom stereocenters. The first-order valence-electron chi connectivity index (χ1n) is 5.72. The predicted octanol–water partition coefficient (Wildman–Crippen LogP) is 1.82. The van der Waals surface area contributed by atoms with Crippen molar-refractivity contribution in [2.75, 3.05) is 18.9 Å². The Bertz CT molecular complexity index is 321. The van der Waals surface area contributed by atoms with Crippen molar-refractivity contribution in [3.8, 4) is 0 Å². The van der Waals surface area contributed by atoms with Gasteiger partial charge in [-0.15, -0.1) is 0 Å². The number of piperidine rings is 1. The molecule has 1 rings (SSSR count). The molecule has 4 nitrogen and oxygen atoms in total. The quantitative estimate of drug-likeness (QED) is 0.743. The normalized spacial score (nSPS) is 25.9. The van der Waals surface area contributed by atoms with E-state index in [0.29, 0.717) is 11.9 Å². The zero-order chi connectivity index (χ0) is 12.3. The molecule has 1 aliphatic heterocycles. The zero-order valence-electron chi connectivity index (χ0n) is 10.2. The number of rotatable bonds is 4. The summed E-state index contributed by atoms with van der Waals surface area (Å²) in [6.07, 6.45) is 3.07. The van der Waals surface area contributed by atoms with E-state index in [1.807, 2.05) is 13.8 Å². The molecule has 1 fully saturated rings. The Hall–Kier alpha value is 0.350. The Labute approximate surface area is 107 Å². The lowest BCUT2D eigenvalue weighted by Gasteiger charge is -2.36. The maximum absolute atomic E-state index is 12.3. The largest absolute Gasteiger partial charge is 0.282 e. The summed E-state index contributed by atoms with van der Waals surface area (Å²) in [7, 11) is -1.63. The highest BCUT2D eigenvalue weighted by atomic mass is 79.9. The van der Waals surface area contributed by atoms with E-state index in [0.717, 1.165) is 19.3 Å². The molecule has 0 saturated carbocycles. The van der Waals surface area contributed by atoms with Crippen molar-refractivity contribution in [1.29, 1.82) is 0 Å². The Morgan fingerprint density at radius 3 is 2.62 bits per heavy atom. The van der Waals surface area contributed by atoms with Crippen molar-refractivity contribution in [2.45, 2.75) is 45.2 Å². The highest BCUT2D eigenvalue weighted by Crippen LogP contribution is 2.22. The summed E-state index contributed by atoms with van der Waals surface area (Å²) in [5.41, 5.74) is 0. The SMILES string of the molecule is CC(CBr)N(C)S(=O)(=O)N1CCCCC1C. The van der Waals surface area contributed by atoms with Crippen LogP contribution < -0.4 is 0 Å². The standard InChI is InChI=1S/C10H21BrN2O2S/c1-9-6-4-5-7-13(9)16(14,15)12(3)10(2)8-11/h9-10H,4-8H2,1-3H3. The van der Waals surface area contributed by atoms with Crippen LogP contribution in [-0.4, -0.2) is 48.0 Å². The van der Waals surface area contributed by atoms with E-state index in [1.54, 1.807) is 11.4 Å². The number of hydrogen-bond donors (Lipinski definition) is 0. The maximum atomic E-state index is 12.3. The summed E-state index contributed by atoms with van der Waals surface area (Å²) in [6.45, 7) is 4.55. The number of hydrogen-bond acceptors (Lipinski definition) is 2. The first-order valence-corrected chi connectivity index (χ1v) is 8.24. The molecule has 0 N–H and O–H groups in total. The van der Waals surface area contributed by atoms with Crippen LogP contribution in [0.4, 0.5) is 0 Å². The van der Waals surface area contributed by atoms with Crippen LogP contribution in [0, 0.1) is 0 Å². The summed E-state index contributed by atoms with van der Waals surface area (Å²) in [6, 6.07) is 0.114. The monoisotopic (exact) mass is 312 g/mol. The van der Waals surface area contributed by atoms with Gasteiger partial charge in [-0.1, -0.05) is 22.4 Å². The van der Waals surface area contributed by atoms with Gasteiger partial charge in [-0.05, 0) is 26.7 Å². The molecule has 0 bridgehead atoms. The number of halogens is 1. The van der Waals surface area contributed by atoms with Crippen LogP contribution in [0.1, 0.15) is 33.1 Å². The summed E-state index contributed by atoms with van der Waals surface area (Å²) < 4.78 is 27.8. The van der Waals surface area contributed by atoms with Gasteiger partial charge in [0.05, 0.1) is 0 Å². The molecule has 0 radical (unpaired) electrons. The van der Waals surface area contributed by atoms with Gasteiger partial charge in [0.2, 0.25) is 0 Å². The molecule has 1 aliphatic rings. The van der Waals surface area contributed by atoms with Gasteiger partial charge in [0.1, 0.15) is 0 Å². The van der Waals surface area contributed by atoms with Crippen LogP contribution in [-0.2, 0) is 10.2 Å². The Kier molecular flexibility index (Phi) is 5.22. The van der Waals surface area contributed by atoms with E-state index in [1.165, 1.54) is 4.31 Å². The molecule has 0 aromatic heterocycles. The van der Waals surface area contributed by atoms with Gasteiger partial charge in [0.25, 0.3) is 10.2 Å². The third-order valence-electron chi connectivity index (χ3n) is 3.25. The van der Waals surface area contributed by atoms with Crippen LogP contribution >= 0.6 is 15.9 Å². The third kappa shape index (κ3) is 2.97. The highest BCUT2D eigenvalue weighted by Gasteiger charge is 2.34. The van der Waals surface area contributed by atoms with E-state index in [2.05, 4.69) is 15.9 Å². The lowest BCUT2D eigenvalue weighted by molar-refractivity contribution is 0.244. The molecule has 0 aromatic rings. The average molecular weight is 313 g/mol. The van der Waals surface area contributed by atoms with Gasteiger partial charge in [0.15, 0.2) is 0 Å². The van der Waals surface area contributed by atoms with Gasteiger partial charge >= 0.3 is 0 Å². The fraction of sp³-hybridized carbons (Fsp3) is 1.00. The van der Waals surface area contributed by atoms with Crippen molar-refractivity contribution in [1.82, 2.24) is 8.61 Å². The predicted molar refractivity (Wildman–Crippen MR) is 70.0 cm³/mol. The smallest absolute Gasteiger partial charge is 0.195 e. The summed E-state index contributed by atoms with van der Waals surface area (Å²) in [4.78, 5) is 0. The molecule has 1 heterocycles. The minimum absolute atomic E-state index is 0.0147. The summed E-state index contributed by atoms with van der Waals surface area (Å²) in [5.74, 6) is 0. The molecule has 16 heavy (non-hydrogen) atoms. The second-order valence-electron chi connectivity index (χ2n) is 4.48. The lowest BCUT2D eigenvalue weighted by atomic mass is 10.1. The Balaban J connectivity index is 2.83. The van der Waals surface area contributed by atoms with Crippen LogP contribution in [0.15, 0.2) is 0 Å². The second kappa shape index (κ2) is 5.80. The van der Waals surface area contributed by atoms with Crippen LogP contribution in [0.25, 0.3) is 0 Å². The molecule has 0 spiro atoms. The molecular formula is C10H21BrN2O2S. The Morgan fingerprint density at radius 1 is 1.50 bits per heavy atom. The maximum Gasteiger partial charge on any atom is 0.282 e. The molecule has 0 amide bonds. The molecule has 96 valence electrons.